The minimum absolute atomic E-state index is 0.464. The number of ether oxygens (including phenoxy) is 1. The second kappa shape index (κ2) is 3.76. The molecule has 0 atom stereocenters. The van der Waals surface area contributed by atoms with E-state index in [9.17, 15) is 0 Å². The fraction of sp³-hybridized carbons (Fsp3) is 0.167. The molecule has 2 nitrogen and oxygen atoms in total. The molecule has 0 N–H and O–H groups in total. The van der Waals surface area contributed by atoms with Crippen molar-refractivity contribution in [3.63, 3.8) is 0 Å². The molecule has 0 amide bonds. The standard InChI is InChI=1S/C12H12NO/c1-9-7-10(8-14-2)13-12-6-4-3-5-11(9)12/h3-7H,2,8H2,1H3. The molecule has 71 valence electrons. The summed E-state index contributed by atoms with van der Waals surface area (Å²) in [5.74, 6) is 0. The van der Waals surface area contributed by atoms with E-state index in [4.69, 9.17) is 4.74 Å². The Morgan fingerprint density at radius 1 is 1.36 bits per heavy atom. The molecular weight excluding hydrogens is 174 g/mol. The van der Waals surface area contributed by atoms with Crippen molar-refractivity contribution < 1.29 is 4.74 Å². The van der Waals surface area contributed by atoms with Crippen LogP contribution in [0.1, 0.15) is 11.3 Å². The summed E-state index contributed by atoms with van der Waals surface area (Å²) in [6.07, 6.45) is 0. The van der Waals surface area contributed by atoms with Crippen LogP contribution < -0.4 is 0 Å². The van der Waals surface area contributed by atoms with Crippen LogP contribution in [-0.2, 0) is 11.3 Å². The largest absolute Gasteiger partial charge is 0.373 e. The van der Waals surface area contributed by atoms with Gasteiger partial charge in [-0.3, -0.25) is 4.98 Å². The van der Waals surface area contributed by atoms with Crippen molar-refractivity contribution in [2.75, 3.05) is 0 Å². The lowest BCUT2D eigenvalue weighted by Gasteiger charge is -2.04. The van der Waals surface area contributed by atoms with Crippen LogP contribution >= 0.6 is 0 Å². The van der Waals surface area contributed by atoms with Crippen LogP contribution in [0.4, 0.5) is 0 Å². The fourth-order valence-corrected chi connectivity index (χ4v) is 1.60. The molecule has 0 spiro atoms. The number of pyridine rings is 1. The van der Waals surface area contributed by atoms with E-state index in [0.717, 1.165) is 11.2 Å². The number of fused-ring (bicyclic) bond motifs is 1. The number of hydrogen-bond acceptors (Lipinski definition) is 2. The first-order valence-corrected chi connectivity index (χ1v) is 4.53. The molecular formula is C12H12NO. The van der Waals surface area contributed by atoms with Gasteiger partial charge in [-0.15, -0.1) is 0 Å². The topological polar surface area (TPSA) is 22.1 Å². The van der Waals surface area contributed by atoms with Gasteiger partial charge in [0.05, 0.1) is 24.9 Å². The lowest BCUT2D eigenvalue weighted by atomic mass is 10.1. The van der Waals surface area contributed by atoms with Gasteiger partial charge in [0.2, 0.25) is 0 Å². The first-order chi connectivity index (χ1) is 6.81. The SMILES string of the molecule is [CH2]OCc1cc(C)c2ccccc2n1. The summed E-state index contributed by atoms with van der Waals surface area (Å²) in [7, 11) is 3.35. The first kappa shape index (κ1) is 9.16. The Labute approximate surface area is 83.5 Å². The average molecular weight is 186 g/mol. The predicted octanol–water partition coefficient (Wildman–Crippen LogP) is 2.85. The Kier molecular flexibility index (Phi) is 2.46. The van der Waals surface area contributed by atoms with Crippen molar-refractivity contribution in [3.8, 4) is 0 Å². The molecule has 0 aliphatic rings. The van der Waals surface area contributed by atoms with Crippen LogP contribution in [0.5, 0.6) is 0 Å². The molecule has 1 heterocycles. The van der Waals surface area contributed by atoms with E-state index >= 15 is 0 Å². The van der Waals surface area contributed by atoms with Gasteiger partial charge in [-0.1, -0.05) is 18.2 Å². The summed E-state index contributed by atoms with van der Waals surface area (Å²) < 4.78 is 4.82. The normalized spacial score (nSPS) is 10.7. The summed E-state index contributed by atoms with van der Waals surface area (Å²) in [4.78, 5) is 4.46. The molecule has 0 saturated heterocycles. The van der Waals surface area contributed by atoms with Gasteiger partial charge >= 0.3 is 0 Å². The maximum Gasteiger partial charge on any atom is 0.0889 e. The zero-order valence-electron chi connectivity index (χ0n) is 8.16. The van der Waals surface area contributed by atoms with Crippen molar-refractivity contribution in [2.24, 2.45) is 0 Å². The Morgan fingerprint density at radius 3 is 2.93 bits per heavy atom. The zero-order valence-corrected chi connectivity index (χ0v) is 8.16. The molecule has 0 unspecified atom stereocenters. The molecule has 2 heteroatoms. The molecule has 0 bridgehead atoms. The van der Waals surface area contributed by atoms with E-state index in [1.54, 1.807) is 0 Å². The van der Waals surface area contributed by atoms with Crippen LogP contribution in [0.15, 0.2) is 30.3 Å². The highest BCUT2D eigenvalue weighted by atomic mass is 16.5. The second-order valence-electron chi connectivity index (χ2n) is 3.30. The Balaban J connectivity index is 2.60. The van der Waals surface area contributed by atoms with Gasteiger partial charge < -0.3 is 4.74 Å². The third-order valence-electron chi connectivity index (χ3n) is 2.23. The summed E-state index contributed by atoms with van der Waals surface area (Å²) in [6.45, 7) is 2.54. The molecule has 2 aromatic rings. The van der Waals surface area contributed by atoms with Crippen LogP contribution in [0.3, 0.4) is 0 Å². The average Bonchev–Trinajstić information content (AvgIpc) is 2.18. The van der Waals surface area contributed by atoms with E-state index in [2.05, 4.69) is 25.1 Å². The van der Waals surface area contributed by atoms with Gasteiger partial charge in [-0.25, -0.2) is 0 Å². The summed E-state index contributed by atoms with van der Waals surface area (Å²) in [5, 5.41) is 1.19. The lowest BCUT2D eigenvalue weighted by Crippen LogP contribution is -1.93. The molecule has 0 fully saturated rings. The molecule has 1 aromatic carbocycles. The summed E-state index contributed by atoms with van der Waals surface area (Å²) >= 11 is 0. The fourth-order valence-electron chi connectivity index (χ4n) is 1.60. The number of nitrogens with zero attached hydrogens (tertiary/aromatic N) is 1. The minimum atomic E-state index is 0.464. The van der Waals surface area contributed by atoms with Crippen LogP contribution in [0, 0.1) is 14.0 Å². The lowest BCUT2D eigenvalue weighted by molar-refractivity contribution is 0.225. The highest BCUT2D eigenvalue weighted by Gasteiger charge is 2.01. The monoisotopic (exact) mass is 186 g/mol. The molecule has 0 aliphatic carbocycles. The third-order valence-corrected chi connectivity index (χ3v) is 2.23. The zero-order chi connectivity index (χ0) is 9.97. The maximum atomic E-state index is 4.82. The van der Waals surface area contributed by atoms with Gasteiger partial charge in [0.25, 0.3) is 0 Å². The number of benzene rings is 1. The molecule has 1 aromatic heterocycles. The number of aromatic nitrogens is 1. The van der Waals surface area contributed by atoms with Crippen molar-refractivity contribution in [1.82, 2.24) is 4.98 Å². The molecule has 0 aliphatic heterocycles. The van der Waals surface area contributed by atoms with E-state index in [-0.39, 0.29) is 0 Å². The van der Waals surface area contributed by atoms with Gasteiger partial charge in [0.1, 0.15) is 0 Å². The van der Waals surface area contributed by atoms with Crippen molar-refractivity contribution in [3.05, 3.63) is 48.7 Å². The third kappa shape index (κ3) is 1.61. The van der Waals surface area contributed by atoms with E-state index in [1.807, 2.05) is 24.3 Å². The van der Waals surface area contributed by atoms with Crippen molar-refractivity contribution >= 4 is 10.9 Å². The van der Waals surface area contributed by atoms with Gasteiger partial charge in [0.15, 0.2) is 0 Å². The molecule has 1 radical (unpaired) electrons. The molecule has 0 saturated carbocycles. The van der Waals surface area contributed by atoms with Gasteiger partial charge in [0, 0.05) is 5.39 Å². The van der Waals surface area contributed by atoms with Gasteiger partial charge in [-0.2, -0.15) is 0 Å². The number of para-hydroxylation sites is 1. The second-order valence-corrected chi connectivity index (χ2v) is 3.30. The van der Waals surface area contributed by atoms with E-state index < -0.39 is 0 Å². The number of hydrogen-bond donors (Lipinski definition) is 0. The van der Waals surface area contributed by atoms with Crippen LogP contribution in [-0.4, -0.2) is 4.98 Å². The minimum Gasteiger partial charge on any atom is -0.373 e. The smallest absolute Gasteiger partial charge is 0.0889 e. The van der Waals surface area contributed by atoms with Crippen LogP contribution in [0.2, 0.25) is 0 Å². The summed E-state index contributed by atoms with van der Waals surface area (Å²) in [6, 6.07) is 10.1. The Morgan fingerprint density at radius 2 is 2.14 bits per heavy atom. The Hall–Kier alpha value is -1.41. The quantitative estimate of drug-likeness (QED) is 0.719. The number of rotatable bonds is 2. The predicted molar refractivity (Wildman–Crippen MR) is 56.6 cm³/mol. The van der Waals surface area contributed by atoms with Crippen LogP contribution in [0.25, 0.3) is 10.9 Å². The van der Waals surface area contributed by atoms with Crippen molar-refractivity contribution in [1.29, 1.82) is 0 Å². The van der Waals surface area contributed by atoms with Gasteiger partial charge in [-0.05, 0) is 24.6 Å². The summed E-state index contributed by atoms with van der Waals surface area (Å²) in [5.41, 5.74) is 3.17. The highest BCUT2D eigenvalue weighted by molar-refractivity contribution is 5.81. The number of aryl methyl sites for hydroxylation is 1. The maximum absolute atomic E-state index is 4.82. The first-order valence-electron chi connectivity index (χ1n) is 4.53. The molecule has 2 rings (SSSR count). The van der Waals surface area contributed by atoms with E-state index in [1.165, 1.54) is 10.9 Å². The van der Waals surface area contributed by atoms with Crippen molar-refractivity contribution in [2.45, 2.75) is 13.5 Å². The molecule has 14 heavy (non-hydrogen) atoms. The highest BCUT2D eigenvalue weighted by Crippen LogP contribution is 2.17. The van der Waals surface area contributed by atoms with E-state index in [0.29, 0.717) is 6.61 Å². The Bertz CT molecular complexity index is 451.